The standard InChI is InChI=1S/C9H18FNO2/c1-7(2)6-11(10)8(12)13-9(3,4)5/h7H,6H2,1-5H3. The number of amides is 1. The highest BCUT2D eigenvalue weighted by molar-refractivity contribution is 5.66. The molecule has 0 rings (SSSR count). The van der Waals surface area contributed by atoms with Crippen LogP contribution in [0.25, 0.3) is 0 Å². The van der Waals surface area contributed by atoms with Gasteiger partial charge in [-0.25, -0.2) is 4.79 Å². The molecule has 0 bridgehead atoms. The highest BCUT2D eigenvalue weighted by atomic mass is 19.2. The van der Waals surface area contributed by atoms with Gasteiger partial charge in [-0.3, -0.25) is 0 Å². The van der Waals surface area contributed by atoms with Crippen molar-refractivity contribution in [1.82, 2.24) is 5.12 Å². The Morgan fingerprint density at radius 1 is 1.46 bits per heavy atom. The fourth-order valence-corrected chi connectivity index (χ4v) is 0.707. The maximum Gasteiger partial charge on any atom is 0.438 e. The first-order valence-electron chi connectivity index (χ1n) is 4.38. The zero-order valence-corrected chi connectivity index (χ0v) is 8.93. The van der Waals surface area contributed by atoms with Crippen molar-refractivity contribution in [3.63, 3.8) is 0 Å². The van der Waals surface area contributed by atoms with Gasteiger partial charge in [-0.1, -0.05) is 18.3 Å². The number of halogens is 1. The predicted octanol–water partition coefficient (Wildman–Crippen LogP) is 2.76. The van der Waals surface area contributed by atoms with Crippen LogP contribution in [0.5, 0.6) is 0 Å². The Balaban J connectivity index is 3.97. The third-order valence-electron chi connectivity index (χ3n) is 1.12. The summed E-state index contributed by atoms with van der Waals surface area (Å²) in [5.41, 5.74) is -0.640. The van der Waals surface area contributed by atoms with Crippen LogP contribution in [-0.4, -0.2) is 23.4 Å². The molecule has 0 spiro atoms. The largest absolute Gasteiger partial charge is 0.442 e. The number of carbonyl (C=O) groups excluding carboxylic acids is 1. The van der Waals surface area contributed by atoms with Gasteiger partial charge >= 0.3 is 6.09 Å². The van der Waals surface area contributed by atoms with Gasteiger partial charge in [0.05, 0.1) is 6.54 Å². The highest BCUT2D eigenvalue weighted by Gasteiger charge is 2.22. The van der Waals surface area contributed by atoms with Gasteiger partial charge in [-0.05, 0) is 26.7 Å². The minimum Gasteiger partial charge on any atom is -0.442 e. The molecule has 0 N–H and O–H groups in total. The van der Waals surface area contributed by atoms with Crippen LogP contribution in [0.15, 0.2) is 0 Å². The van der Waals surface area contributed by atoms with Crippen LogP contribution in [0, 0.1) is 5.92 Å². The fraction of sp³-hybridized carbons (Fsp3) is 0.889. The molecule has 4 heteroatoms. The minimum atomic E-state index is -0.916. The molecule has 1 amide bonds. The molecule has 0 aliphatic rings. The van der Waals surface area contributed by atoms with E-state index in [2.05, 4.69) is 0 Å². The van der Waals surface area contributed by atoms with Crippen LogP contribution in [0.4, 0.5) is 9.28 Å². The number of hydrogen-bond acceptors (Lipinski definition) is 2. The van der Waals surface area contributed by atoms with Crippen molar-refractivity contribution in [3.8, 4) is 0 Å². The maximum absolute atomic E-state index is 12.9. The molecule has 0 saturated heterocycles. The van der Waals surface area contributed by atoms with Crippen molar-refractivity contribution in [1.29, 1.82) is 0 Å². The maximum atomic E-state index is 12.9. The molecule has 0 aromatic rings. The average Bonchev–Trinajstić information content (AvgIpc) is 1.81. The summed E-state index contributed by atoms with van der Waals surface area (Å²) in [5, 5.41) is 0.107. The van der Waals surface area contributed by atoms with E-state index in [1.54, 1.807) is 20.8 Å². The Labute approximate surface area is 78.8 Å². The third-order valence-corrected chi connectivity index (χ3v) is 1.12. The average molecular weight is 191 g/mol. The molecule has 0 radical (unpaired) electrons. The van der Waals surface area contributed by atoms with Crippen LogP contribution in [0.1, 0.15) is 34.6 Å². The number of nitrogens with zero attached hydrogens (tertiary/aromatic N) is 1. The first kappa shape index (κ1) is 12.2. The lowest BCUT2D eigenvalue weighted by Crippen LogP contribution is -2.33. The molecule has 0 aromatic carbocycles. The Kier molecular flexibility index (Phi) is 4.17. The third kappa shape index (κ3) is 6.37. The Morgan fingerprint density at radius 3 is 2.23 bits per heavy atom. The molecule has 78 valence electrons. The zero-order valence-electron chi connectivity index (χ0n) is 8.93. The second-order valence-corrected chi connectivity index (χ2v) is 4.42. The second-order valence-electron chi connectivity index (χ2n) is 4.42. The summed E-state index contributed by atoms with van der Waals surface area (Å²) < 4.78 is 17.7. The van der Waals surface area contributed by atoms with Crippen molar-refractivity contribution >= 4 is 6.09 Å². The van der Waals surface area contributed by atoms with Crippen LogP contribution in [-0.2, 0) is 4.74 Å². The highest BCUT2D eigenvalue weighted by Crippen LogP contribution is 2.11. The molecule has 13 heavy (non-hydrogen) atoms. The number of rotatable bonds is 2. The molecule has 0 aliphatic heterocycles. The lowest BCUT2D eigenvalue weighted by molar-refractivity contribution is -0.0353. The molecule has 0 fully saturated rings. The summed E-state index contributed by atoms with van der Waals surface area (Å²) in [5.74, 6) is 0.0949. The van der Waals surface area contributed by atoms with E-state index in [1.165, 1.54) is 0 Å². The molecule has 0 aromatic heterocycles. The monoisotopic (exact) mass is 191 g/mol. The summed E-state index contributed by atoms with van der Waals surface area (Å²) in [6, 6.07) is 0. The molecule has 0 heterocycles. The first-order valence-corrected chi connectivity index (χ1v) is 4.38. The Bertz CT molecular complexity index is 175. The Morgan fingerprint density at radius 2 is 1.92 bits per heavy atom. The predicted molar refractivity (Wildman–Crippen MR) is 48.9 cm³/mol. The van der Waals surface area contributed by atoms with Crippen LogP contribution >= 0.6 is 0 Å². The normalized spacial score (nSPS) is 11.6. The molecule has 0 atom stereocenters. The van der Waals surface area contributed by atoms with Crippen molar-refractivity contribution < 1.29 is 14.0 Å². The summed E-state index contributed by atoms with van der Waals surface area (Å²) in [7, 11) is 0. The van der Waals surface area contributed by atoms with Gasteiger partial charge in [0.1, 0.15) is 5.60 Å². The van der Waals surface area contributed by atoms with E-state index in [0.717, 1.165) is 0 Å². The van der Waals surface area contributed by atoms with Crippen molar-refractivity contribution in [2.45, 2.75) is 40.2 Å². The summed E-state index contributed by atoms with van der Waals surface area (Å²) >= 11 is 0. The van der Waals surface area contributed by atoms with E-state index in [1.807, 2.05) is 13.8 Å². The zero-order chi connectivity index (χ0) is 10.6. The number of hydrogen-bond donors (Lipinski definition) is 0. The van der Waals surface area contributed by atoms with E-state index in [4.69, 9.17) is 4.74 Å². The molecule has 0 unspecified atom stereocenters. The number of carbonyl (C=O) groups is 1. The summed E-state index contributed by atoms with van der Waals surface area (Å²) in [6.07, 6.45) is -0.916. The van der Waals surface area contributed by atoms with Crippen molar-refractivity contribution in [2.75, 3.05) is 6.54 Å². The molecule has 0 aliphatic carbocycles. The van der Waals surface area contributed by atoms with Gasteiger partial charge in [0.2, 0.25) is 0 Å². The second kappa shape index (κ2) is 4.44. The Hall–Kier alpha value is -0.800. The van der Waals surface area contributed by atoms with Crippen LogP contribution in [0.3, 0.4) is 0 Å². The van der Waals surface area contributed by atoms with Crippen LogP contribution < -0.4 is 0 Å². The van der Waals surface area contributed by atoms with E-state index in [0.29, 0.717) is 0 Å². The summed E-state index contributed by atoms with van der Waals surface area (Å²) in [4.78, 5) is 11.0. The first-order chi connectivity index (χ1) is 5.72. The van der Waals surface area contributed by atoms with Crippen molar-refractivity contribution in [3.05, 3.63) is 0 Å². The molecule has 0 saturated carbocycles. The molecular formula is C9H18FNO2. The fourth-order valence-electron chi connectivity index (χ4n) is 0.707. The van der Waals surface area contributed by atoms with Gasteiger partial charge in [0.25, 0.3) is 0 Å². The molecular weight excluding hydrogens is 173 g/mol. The van der Waals surface area contributed by atoms with E-state index in [-0.39, 0.29) is 17.6 Å². The SMILES string of the molecule is CC(C)CN(F)C(=O)OC(C)(C)C. The minimum absolute atomic E-state index is 0.0644. The quantitative estimate of drug-likeness (QED) is 0.628. The lowest BCUT2D eigenvalue weighted by Gasteiger charge is -2.22. The van der Waals surface area contributed by atoms with E-state index in [9.17, 15) is 9.28 Å². The van der Waals surface area contributed by atoms with Gasteiger partial charge in [-0.2, -0.15) is 0 Å². The van der Waals surface area contributed by atoms with Gasteiger partial charge in [-0.15, -0.1) is 5.12 Å². The molecule has 3 nitrogen and oxygen atoms in total. The summed E-state index contributed by atoms with van der Waals surface area (Å²) in [6.45, 7) is 8.83. The van der Waals surface area contributed by atoms with Gasteiger partial charge in [0, 0.05) is 0 Å². The van der Waals surface area contributed by atoms with Gasteiger partial charge < -0.3 is 4.74 Å². The lowest BCUT2D eigenvalue weighted by atomic mass is 10.2. The van der Waals surface area contributed by atoms with Crippen LogP contribution in [0.2, 0.25) is 0 Å². The topological polar surface area (TPSA) is 29.5 Å². The van der Waals surface area contributed by atoms with E-state index >= 15 is 0 Å². The smallest absolute Gasteiger partial charge is 0.438 e. The van der Waals surface area contributed by atoms with Crippen molar-refractivity contribution in [2.24, 2.45) is 5.92 Å². The van der Waals surface area contributed by atoms with E-state index < -0.39 is 11.7 Å². The number of ether oxygens (including phenoxy) is 1. The van der Waals surface area contributed by atoms with Gasteiger partial charge in [0.15, 0.2) is 0 Å².